The summed E-state index contributed by atoms with van der Waals surface area (Å²) in [6.07, 6.45) is -1.09. The van der Waals surface area contributed by atoms with E-state index in [1.54, 1.807) is 6.07 Å². The number of fused-ring (bicyclic) bond motifs is 1. The Hall–Kier alpha value is -1.35. The molecular formula is C10H11FN2. The fourth-order valence-electron chi connectivity index (χ4n) is 1.39. The molecule has 1 aromatic heterocycles. The van der Waals surface area contributed by atoms with E-state index in [0.717, 1.165) is 10.9 Å². The molecule has 0 radical (unpaired) electrons. The molecule has 0 fully saturated rings. The molecule has 0 aliphatic heterocycles. The Morgan fingerprint density at radius 1 is 1.38 bits per heavy atom. The quantitative estimate of drug-likeness (QED) is 0.726. The molecule has 0 spiro atoms. The van der Waals surface area contributed by atoms with E-state index in [9.17, 15) is 4.39 Å². The molecule has 1 aromatic carbocycles. The third-order valence-electron chi connectivity index (χ3n) is 2.10. The molecule has 68 valence electrons. The molecule has 0 saturated heterocycles. The van der Waals surface area contributed by atoms with Crippen LogP contribution in [0, 0.1) is 0 Å². The first-order valence-corrected chi connectivity index (χ1v) is 4.23. The summed E-state index contributed by atoms with van der Waals surface area (Å²) in [6, 6.07) is 9.50. The fraction of sp³-hybridized carbons (Fsp3) is 0.200. The van der Waals surface area contributed by atoms with E-state index in [0.29, 0.717) is 5.69 Å². The molecule has 2 nitrogen and oxygen atoms in total. The molecule has 1 heterocycles. The van der Waals surface area contributed by atoms with E-state index in [2.05, 4.69) is 4.98 Å². The van der Waals surface area contributed by atoms with Crippen LogP contribution in [0.2, 0.25) is 0 Å². The molecule has 3 N–H and O–H groups in total. The zero-order chi connectivity index (χ0) is 9.26. The summed E-state index contributed by atoms with van der Waals surface area (Å²) < 4.78 is 13.1. The lowest BCUT2D eigenvalue weighted by Crippen LogP contribution is -2.07. The Bertz CT molecular complexity index is 375. The van der Waals surface area contributed by atoms with Gasteiger partial charge < -0.3 is 10.7 Å². The van der Waals surface area contributed by atoms with Gasteiger partial charge in [0.1, 0.15) is 0 Å². The van der Waals surface area contributed by atoms with E-state index < -0.39 is 6.17 Å². The van der Waals surface area contributed by atoms with E-state index in [1.807, 2.05) is 24.3 Å². The SMILES string of the molecule is NCC(F)c1cc2ccccc2[nH]1. The van der Waals surface area contributed by atoms with E-state index in [4.69, 9.17) is 5.73 Å². The summed E-state index contributed by atoms with van der Waals surface area (Å²) in [5, 5.41) is 1.02. The van der Waals surface area contributed by atoms with Crippen LogP contribution >= 0.6 is 0 Å². The zero-order valence-electron chi connectivity index (χ0n) is 7.13. The molecule has 2 aromatic rings. The molecule has 3 heteroatoms. The number of aromatic amines is 1. The monoisotopic (exact) mass is 178 g/mol. The standard InChI is InChI=1S/C10H11FN2/c11-8(6-12)10-5-7-3-1-2-4-9(7)13-10/h1-5,8,13H,6,12H2. The summed E-state index contributed by atoms with van der Waals surface area (Å²) >= 11 is 0. The second-order valence-corrected chi connectivity index (χ2v) is 3.02. The predicted molar refractivity (Wildman–Crippen MR) is 51.2 cm³/mol. The minimum atomic E-state index is -1.09. The van der Waals surface area contributed by atoms with Crippen molar-refractivity contribution in [3.8, 4) is 0 Å². The van der Waals surface area contributed by atoms with Crippen molar-refractivity contribution in [2.24, 2.45) is 5.73 Å². The lowest BCUT2D eigenvalue weighted by Gasteiger charge is -1.99. The number of benzene rings is 1. The van der Waals surface area contributed by atoms with Crippen molar-refractivity contribution in [3.05, 3.63) is 36.0 Å². The molecule has 13 heavy (non-hydrogen) atoms. The molecule has 0 amide bonds. The summed E-state index contributed by atoms with van der Waals surface area (Å²) in [6.45, 7) is 0.0207. The molecule has 0 aliphatic rings. The largest absolute Gasteiger partial charge is 0.356 e. The Morgan fingerprint density at radius 2 is 2.15 bits per heavy atom. The average Bonchev–Trinajstić information content (AvgIpc) is 2.59. The highest BCUT2D eigenvalue weighted by molar-refractivity contribution is 5.80. The van der Waals surface area contributed by atoms with Crippen molar-refractivity contribution >= 4 is 10.9 Å². The minimum absolute atomic E-state index is 0.0207. The lowest BCUT2D eigenvalue weighted by atomic mass is 10.2. The van der Waals surface area contributed by atoms with Crippen molar-refractivity contribution in [3.63, 3.8) is 0 Å². The zero-order valence-corrected chi connectivity index (χ0v) is 7.13. The van der Waals surface area contributed by atoms with Gasteiger partial charge in [0.25, 0.3) is 0 Å². The molecule has 1 atom stereocenters. The van der Waals surface area contributed by atoms with Crippen LogP contribution < -0.4 is 5.73 Å². The molecule has 0 saturated carbocycles. The van der Waals surface area contributed by atoms with Crippen LogP contribution in [-0.2, 0) is 0 Å². The van der Waals surface area contributed by atoms with Gasteiger partial charge in [0.15, 0.2) is 6.17 Å². The van der Waals surface area contributed by atoms with Crippen LogP contribution in [-0.4, -0.2) is 11.5 Å². The second kappa shape index (κ2) is 3.18. The second-order valence-electron chi connectivity index (χ2n) is 3.02. The molecule has 2 rings (SSSR count). The Balaban J connectivity index is 2.49. The van der Waals surface area contributed by atoms with Crippen LogP contribution in [0.5, 0.6) is 0 Å². The summed E-state index contributed by atoms with van der Waals surface area (Å²) in [7, 11) is 0. The van der Waals surface area contributed by atoms with Crippen LogP contribution in [0.1, 0.15) is 11.9 Å². The van der Waals surface area contributed by atoms with Gasteiger partial charge in [-0.15, -0.1) is 0 Å². The number of hydrogen-bond donors (Lipinski definition) is 2. The third kappa shape index (κ3) is 1.42. The number of nitrogens with two attached hydrogens (primary N) is 1. The van der Waals surface area contributed by atoms with Crippen LogP contribution in [0.25, 0.3) is 10.9 Å². The first-order chi connectivity index (χ1) is 6.31. The topological polar surface area (TPSA) is 41.8 Å². The number of rotatable bonds is 2. The third-order valence-corrected chi connectivity index (χ3v) is 2.10. The van der Waals surface area contributed by atoms with Gasteiger partial charge in [0.2, 0.25) is 0 Å². The van der Waals surface area contributed by atoms with Gasteiger partial charge in [0, 0.05) is 12.1 Å². The van der Waals surface area contributed by atoms with Crippen molar-refractivity contribution in [1.82, 2.24) is 4.98 Å². The van der Waals surface area contributed by atoms with Crippen molar-refractivity contribution < 1.29 is 4.39 Å². The maximum Gasteiger partial charge on any atom is 0.152 e. The number of hydrogen-bond acceptors (Lipinski definition) is 1. The van der Waals surface area contributed by atoms with E-state index >= 15 is 0 Å². The Labute approximate surface area is 75.6 Å². The maximum atomic E-state index is 13.1. The average molecular weight is 178 g/mol. The van der Waals surface area contributed by atoms with Gasteiger partial charge in [-0.25, -0.2) is 4.39 Å². The predicted octanol–water partition coefficient (Wildman–Crippen LogP) is 2.14. The highest BCUT2D eigenvalue weighted by Gasteiger charge is 2.09. The maximum absolute atomic E-state index is 13.1. The molecule has 0 bridgehead atoms. The van der Waals surface area contributed by atoms with Crippen molar-refractivity contribution in [2.45, 2.75) is 6.17 Å². The van der Waals surface area contributed by atoms with Gasteiger partial charge in [-0.3, -0.25) is 0 Å². The van der Waals surface area contributed by atoms with Crippen LogP contribution in [0.3, 0.4) is 0 Å². The Morgan fingerprint density at radius 3 is 2.85 bits per heavy atom. The van der Waals surface area contributed by atoms with Crippen LogP contribution in [0.4, 0.5) is 4.39 Å². The van der Waals surface area contributed by atoms with Gasteiger partial charge in [-0.1, -0.05) is 18.2 Å². The molecule has 1 unspecified atom stereocenters. The summed E-state index contributed by atoms with van der Waals surface area (Å²) in [4.78, 5) is 2.99. The number of aromatic nitrogens is 1. The Kier molecular flexibility index (Phi) is 2.02. The minimum Gasteiger partial charge on any atom is -0.356 e. The first kappa shape index (κ1) is 8.26. The summed E-state index contributed by atoms with van der Waals surface area (Å²) in [5.74, 6) is 0. The number of H-pyrrole nitrogens is 1. The number of nitrogens with one attached hydrogen (secondary N) is 1. The summed E-state index contributed by atoms with van der Waals surface area (Å²) in [5.41, 5.74) is 6.74. The van der Waals surface area contributed by atoms with Crippen molar-refractivity contribution in [1.29, 1.82) is 0 Å². The lowest BCUT2D eigenvalue weighted by molar-refractivity contribution is 0.346. The van der Waals surface area contributed by atoms with Gasteiger partial charge >= 0.3 is 0 Å². The fourth-order valence-corrected chi connectivity index (χ4v) is 1.39. The number of alkyl halides is 1. The van der Waals surface area contributed by atoms with Gasteiger partial charge in [-0.05, 0) is 17.5 Å². The smallest absolute Gasteiger partial charge is 0.152 e. The number of halogens is 1. The molecular weight excluding hydrogens is 167 g/mol. The van der Waals surface area contributed by atoms with E-state index in [-0.39, 0.29) is 6.54 Å². The normalized spacial score (nSPS) is 13.4. The van der Waals surface area contributed by atoms with Gasteiger partial charge in [0.05, 0.1) is 5.69 Å². The first-order valence-electron chi connectivity index (χ1n) is 4.23. The van der Waals surface area contributed by atoms with Crippen LogP contribution in [0.15, 0.2) is 30.3 Å². The molecule has 0 aliphatic carbocycles. The van der Waals surface area contributed by atoms with E-state index in [1.165, 1.54) is 0 Å². The highest BCUT2D eigenvalue weighted by atomic mass is 19.1. The highest BCUT2D eigenvalue weighted by Crippen LogP contribution is 2.21. The van der Waals surface area contributed by atoms with Crippen molar-refractivity contribution in [2.75, 3.05) is 6.54 Å². The van der Waals surface area contributed by atoms with Gasteiger partial charge in [-0.2, -0.15) is 0 Å². The number of para-hydroxylation sites is 1.